The molecule has 0 aromatic carbocycles. The molecule has 19 heavy (non-hydrogen) atoms. The number of carbonyl (C=O) groups is 2. The smallest absolute Gasteiger partial charge is 0.308 e. The van der Waals surface area contributed by atoms with E-state index < -0.39 is 11.9 Å². The van der Waals surface area contributed by atoms with Crippen molar-refractivity contribution in [3.8, 4) is 0 Å². The van der Waals surface area contributed by atoms with Crippen LogP contribution < -0.4 is 0 Å². The number of carbonyl (C=O) groups excluding carboxylic acids is 1. The molecule has 1 amide bonds. The summed E-state index contributed by atoms with van der Waals surface area (Å²) in [6.07, 6.45) is 0.533. The summed E-state index contributed by atoms with van der Waals surface area (Å²) in [6.45, 7) is 6.41. The van der Waals surface area contributed by atoms with E-state index in [1.807, 2.05) is 19.9 Å². The molecule has 1 aliphatic heterocycles. The van der Waals surface area contributed by atoms with Crippen LogP contribution in [0.15, 0.2) is 6.07 Å². The Morgan fingerprint density at radius 1 is 1.47 bits per heavy atom. The third-order valence-corrected chi connectivity index (χ3v) is 3.62. The topological polar surface area (TPSA) is 75.4 Å². The zero-order valence-electron chi connectivity index (χ0n) is 11.5. The molecule has 1 aromatic rings. The standard InChI is InChI=1S/C13H19N3O3/c1-8-6-9(2)16(14-8)10(3)12(17)15-5-4-11(7-15)13(18)19/h6,10-11H,4-5,7H2,1-3H3,(H,18,19)/t10-,11-/m1/s1. The van der Waals surface area contributed by atoms with Gasteiger partial charge in [-0.05, 0) is 33.3 Å². The monoisotopic (exact) mass is 265 g/mol. The number of likely N-dealkylation sites (tertiary alicyclic amines) is 1. The third kappa shape index (κ3) is 2.62. The molecular formula is C13H19N3O3. The number of aryl methyl sites for hydroxylation is 2. The molecule has 0 bridgehead atoms. The number of amides is 1. The van der Waals surface area contributed by atoms with Crippen LogP contribution in [0.3, 0.4) is 0 Å². The van der Waals surface area contributed by atoms with Gasteiger partial charge in [0.05, 0.1) is 11.6 Å². The predicted octanol–water partition coefficient (Wildman–Crippen LogP) is 0.994. The van der Waals surface area contributed by atoms with Crippen molar-refractivity contribution in [3.05, 3.63) is 17.5 Å². The van der Waals surface area contributed by atoms with Gasteiger partial charge in [-0.1, -0.05) is 0 Å². The van der Waals surface area contributed by atoms with Crippen molar-refractivity contribution in [2.45, 2.75) is 33.2 Å². The lowest BCUT2D eigenvalue weighted by atomic mass is 10.1. The van der Waals surface area contributed by atoms with E-state index in [0.29, 0.717) is 19.5 Å². The maximum Gasteiger partial charge on any atom is 0.308 e. The van der Waals surface area contributed by atoms with Gasteiger partial charge in [0.2, 0.25) is 5.91 Å². The van der Waals surface area contributed by atoms with Crippen LogP contribution in [0.5, 0.6) is 0 Å². The summed E-state index contributed by atoms with van der Waals surface area (Å²) in [5, 5.41) is 13.3. The minimum atomic E-state index is -0.825. The van der Waals surface area contributed by atoms with Gasteiger partial charge in [0.1, 0.15) is 6.04 Å². The highest BCUT2D eigenvalue weighted by atomic mass is 16.4. The summed E-state index contributed by atoms with van der Waals surface area (Å²) in [7, 11) is 0. The number of hydrogen-bond donors (Lipinski definition) is 1. The van der Waals surface area contributed by atoms with E-state index in [1.54, 1.807) is 16.5 Å². The minimum Gasteiger partial charge on any atom is -0.481 e. The molecule has 2 heterocycles. The largest absolute Gasteiger partial charge is 0.481 e. The van der Waals surface area contributed by atoms with Crippen LogP contribution in [0.1, 0.15) is 30.8 Å². The molecular weight excluding hydrogens is 246 g/mol. The number of rotatable bonds is 3. The van der Waals surface area contributed by atoms with E-state index in [0.717, 1.165) is 11.4 Å². The molecule has 0 radical (unpaired) electrons. The molecule has 1 aliphatic rings. The Hall–Kier alpha value is -1.85. The molecule has 0 unspecified atom stereocenters. The van der Waals surface area contributed by atoms with Crippen LogP contribution in [0.2, 0.25) is 0 Å². The Morgan fingerprint density at radius 3 is 2.63 bits per heavy atom. The van der Waals surface area contributed by atoms with Crippen molar-refractivity contribution in [1.29, 1.82) is 0 Å². The van der Waals surface area contributed by atoms with E-state index in [9.17, 15) is 9.59 Å². The van der Waals surface area contributed by atoms with Crippen molar-refractivity contribution >= 4 is 11.9 Å². The molecule has 6 heteroatoms. The average molecular weight is 265 g/mol. The lowest BCUT2D eigenvalue weighted by molar-refractivity contribution is -0.141. The Bertz CT molecular complexity index is 509. The molecule has 1 aromatic heterocycles. The van der Waals surface area contributed by atoms with Gasteiger partial charge in [-0.25, -0.2) is 0 Å². The maximum atomic E-state index is 12.3. The number of hydrogen-bond acceptors (Lipinski definition) is 3. The highest BCUT2D eigenvalue weighted by Gasteiger charge is 2.33. The minimum absolute atomic E-state index is 0.0602. The summed E-state index contributed by atoms with van der Waals surface area (Å²) in [6, 6.07) is 1.54. The van der Waals surface area contributed by atoms with Crippen molar-refractivity contribution in [3.63, 3.8) is 0 Å². The lowest BCUT2D eigenvalue weighted by Gasteiger charge is -2.21. The van der Waals surface area contributed by atoms with E-state index in [1.165, 1.54) is 0 Å². The first-order chi connectivity index (χ1) is 8.90. The van der Waals surface area contributed by atoms with Crippen LogP contribution >= 0.6 is 0 Å². The van der Waals surface area contributed by atoms with Gasteiger partial charge in [0.25, 0.3) is 0 Å². The summed E-state index contributed by atoms with van der Waals surface area (Å²) in [5.74, 6) is -1.32. The first kappa shape index (κ1) is 13.6. The molecule has 104 valence electrons. The van der Waals surface area contributed by atoms with Gasteiger partial charge in [0.15, 0.2) is 0 Å². The second kappa shape index (κ2) is 5.03. The molecule has 2 rings (SSSR count). The number of aliphatic carboxylic acids is 1. The Morgan fingerprint density at radius 2 is 2.16 bits per heavy atom. The SMILES string of the molecule is Cc1cc(C)n([C@H](C)C(=O)N2CC[C@@H](C(=O)O)C2)n1. The first-order valence-corrected chi connectivity index (χ1v) is 6.44. The Labute approximate surface area is 112 Å². The summed E-state index contributed by atoms with van der Waals surface area (Å²) < 4.78 is 1.70. The Balaban J connectivity index is 2.08. The number of carboxylic acid groups (broad SMARTS) is 1. The molecule has 0 spiro atoms. The summed E-state index contributed by atoms with van der Waals surface area (Å²) >= 11 is 0. The first-order valence-electron chi connectivity index (χ1n) is 6.44. The maximum absolute atomic E-state index is 12.3. The van der Waals surface area contributed by atoms with Crippen molar-refractivity contribution in [2.75, 3.05) is 13.1 Å². The molecule has 2 atom stereocenters. The summed E-state index contributed by atoms with van der Waals surface area (Å²) in [4.78, 5) is 24.9. The van der Waals surface area contributed by atoms with Crippen LogP contribution in [0.4, 0.5) is 0 Å². The van der Waals surface area contributed by atoms with Crippen LogP contribution in [-0.2, 0) is 9.59 Å². The van der Waals surface area contributed by atoms with Crippen molar-refractivity contribution in [2.24, 2.45) is 5.92 Å². The molecule has 1 saturated heterocycles. The average Bonchev–Trinajstić information content (AvgIpc) is 2.94. The second-order valence-corrected chi connectivity index (χ2v) is 5.16. The highest BCUT2D eigenvalue weighted by molar-refractivity contribution is 5.81. The zero-order valence-corrected chi connectivity index (χ0v) is 11.5. The fourth-order valence-electron chi connectivity index (χ4n) is 2.57. The highest BCUT2D eigenvalue weighted by Crippen LogP contribution is 2.21. The fourth-order valence-corrected chi connectivity index (χ4v) is 2.57. The normalized spacial score (nSPS) is 20.6. The lowest BCUT2D eigenvalue weighted by Crippen LogP contribution is -2.36. The quantitative estimate of drug-likeness (QED) is 0.884. The van der Waals surface area contributed by atoms with Gasteiger partial charge >= 0.3 is 5.97 Å². The van der Waals surface area contributed by atoms with Gasteiger partial charge in [-0.3, -0.25) is 14.3 Å². The molecule has 0 saturated carbocycles. The second-order valence-electron chi connectivity index (χ2n) is 5.16. The van der Waals surface area contributed by atoms with Crippen LogP contribution in [0, 0.1) is 19.8 Å². The predicted molar refractivity (Wildman–Crippen MR) is 68.7 cm³/mol. The summed E-state index contributed by atoms with van der Waals surface area (Å²) in [5.41, 5.74) is 1.81. The molecule has 0 aliphatic carbocycles. The molecule has 6 nitrogen and oxygen atoms in total. The van der Waals surface area contributed by atoms with Gasteiger partial charge in [-0.2, -0.15) is 5.10 Å². The van der Waals surface area contributed by atoms with E-state index in [4.69, 9.17) is 5.11 Å². The molecule has 1 fully saturated rings. The van der Waals surface area contributed by atoms with E-state index in [2.05, 4.69) is 5.10 Å². The fraction of sp³-hybridized carbons (Fsp3) is 0.615. The van der Waals surface area contributed by atoms with E-state index >= 15 is 0 Å². The Kier molecular flexibility index (Phi) is 3.59. The van der Waals surface area contributed by atoms with Crippen LogP contribution in [-0.4, -0.2) is 44.8 Å². The van der Waals surface area contributed by atoms with Gasteiger partial charge < -0.3 is 10.0 Å². The van der Waals surface area contributed by atoms with Crippen molar-refractivity contribution < 1.29 is 14.7 Å². The van der Waals surface area contributed by atoms with Crippen molar-refractivity contribution in [1.82, 2.24) is 14.7 Å². The number of carboxylic acids is 1. The van der Waals surface area contributed by atoms with Gasteiger partial charge in [-0.15, -0.1) is 0 Å². The molecule has 1 N–H and O–H groups in total. The number of aromatic nitrogens is 2. The zero-order chi connectivity index (χ0) is 14.2. The third-order valence-electron chi connectivity index (χ3n) is 3.62. The van der Waals surface area contributed by atoms with Crippen LogP contribution in [0.25, 0.3) is 0 Å². The van der Waals surface area contributed by atoms with Gasteiger partial charge in [0, 0.05) is 18.8 Å². The van der Waals surface area contributed by atoms with E-state index in [-0.39, 0.29) is 11.9 Å². The number of nitrogens with zero attached hydrogens (tertiary/aromatic N) is 3.